The fourth-order valence-corrected chi connectivity index (χ4v) is 9.44. The van der Waals surface area contributed by atoms with Gasteiger partial charge in [-0.3, -0.25) is 0 Å². The van der Waals surface area contributed by atoms with Gasteiger partial charge in [-0.1, -0.05) is 103 Å². The summed E-state index contributed by atoms with van der Waals surface area (Å²) in [5.74, 6) is 0. The molecule has 0 saturated heterocycles. The Morgan fingerprint density at radius 1 is 0.360 bits per heavy atom. The topological polar surface area (TPSA) is 39.4 Å². The Kier molecular flexibility index (Phi) is 5.12. The molecule has 0 saturated carbocycles. The van der Waals surface area contributed by atoms with Crippen molar-refractivity contribution in [3.05, 3.63) is 145 Å². The van der Waals surface area contributed by atoms with E-state index in [0.717, 1.165) is 87.9 Å². The highest BCUT2D eigenvalue weighted by Crippen LogP contribution is 2.52. The molecule has 50 heavy (non-hydrogen) atoms. The van der Waals surface area contributed by atoms with E-state index in [1.165, 1.54) is 31.8 Å². The average Bonchev–Trinajstić information content (AvgIpc) is 3.95. The lowest BCUT2D eigenvalue weighted by Gasteiger charge is -2.18. The second-order valence-corrected chi connectivity index (χ2v) is 14.0. The van der Waals surface area contributed by atoms with E-state index < -0.39 is 0 Å². The molecule has 0 aliphatic heterocycles. The predicted octanol–water partition coefficient (Wildman–Crippen LogP) is 14.2. The van der Waals surface area contributed by atoms with Crippen LogP contribution in [0.4, 0.5) is 0 Å². The van der Waals surface area contributed by atoms with Gasteiger partial charge in [-0.25, -0.2) is 0 Å². The highest BCUT2D eigenvalue weighted by atomic mass is 32.1. The van der Waals surface area contributed by atoms with E-state index in [-0.39, 0.29) is 0 Å². The average molecular weight is 657 g/mol. The van der Waals surface area contributed by atoms with Crippen molar-refractivity contribution in [3.8, 4) is 22.3 Å². The molecule has 0 fully saturated rings. The standard InChI is InChI=1S/C46H24O3S/c1-3-13-28-26(11-1)39(33-24-38-42(31-16-6-8-18-35(31)47-38)45-41(33)30-15-5-9-19-36(30)49-45)27-12-2-4-14-29(27)40(28)34-23-25-21-22-50-46(25)43-32-17-7-10-20-37(32)48-44(34)43/h1-24H. The van der Waals surface area contributed by atoms with E-state index in [0.29, 0.717) is 0 Å². The molecule has 0 unspecified atom stereocenters. The maximum Gasteiger partial charge on any atom is 0.147 e. The highest BCUT2D eigenvalue weighted by molar-refractivity contribution is 7.18. The second kappa shape index (κ2) is 9.63. The number of furan rings is 3. The summed E-state index contributed by atoms with van der Waals surface area (Å²) in [7, 11) is 0. The van der Waals surface area contributed by atoms with Crippen LogP contribution in [0.2, 0.25) is 0 Å². The Balaban J connectivity index is 1.29. The van der Waals surface area contributed by atoms with Crippen molar-refractivity contribution < 1.29 is 13.3 Å². The molecular weight excluding hydrogens is 633 g/mol. The fraction of sp³-hybridized carbons (Fsp3) is 0. The molecule has 0 aliphatic carbocycles. The Labute approximate surface area is 288 Å². The van der Waals surface area contributed by atoms with Crippen molar-refractivity contribution >= 4 is 109 Å². The summed E-state index contributed by atoms with van der Waals surface area (Å²) in [6, 6.07) is 49.4. The van der Waals surface area contributed by atoms with Crippen LogP contribution in [-0.2, 0) is 0 Å². The van der Waals surface area contributed by atoms with Gasteiger partial charge in [0.15, 0.2) is 0 Å². The van der Waals surface area contributed by atoms with Crippen LogP contribution in [0.3, 0.4) is 0 Å². The number of hydrogen-bond acceptors (Lipinski definition) is 4. The number of rotatable bonds is 2. The maximum absolute atomic E-state index is 6.78. The van der Waals surface area contributed by atoms with Crippen molar-refractivity contribution in [2.24, 2.45) is 0 Å². The first-order valence-corrected chi connectivity index (χ1v) is 17.7. The van der Waals surface area contributed by atoms with Gasteiger partial charge in [-0.05, 0) is 79.8 Å². The van der Waals surface area contributed by atoms with E-state index >= 15 is 0 Å². The van der Waals surface area contributed by atoms with Gasteiger partial charge in [0.2, 0.25) is 0 Å². The summed E-state index contributed by atoms with van der Waals surface area (Å²) in [6.07, 6.45) is 0. The smallest absolute Gasteiger partial charge is 0.147 e. The molecule has 12 rings (SSSR count). The summed E-state index contributed by atoms with van der Waals surface area (Å²) >= 11 is 1.77. The Bertz CT molecular complexity index is 3330. The zero-order chi connectivity index (χ0) is 32.5. The van der Waals surface area contributed by atoms with E-state index in [2.05, 4.69) is 127 Å². The minimum absolute atomic E-state index is 0.817. The third-order valence-electron chi connectivity index (χ3n) is 10.5. The van der Waals surface area contributed by atoms with Crippen LogP contribution in [0.1, 0.15) is 0 Å². The molecular formula is C46H24O3S. The van der Waals surface area contributed by atoms with Gasteiger partial charge < -0.3 is 13.3 Å². The summed E-state index contributed by atoms with van der Waals surface area (Å²) in [4.78, 5) is 0. The molecule has 4 heteroatoms. The van der Waals surface area contributed by atoms with Crippen molar-refractivity contribution in [1.29, 1.82) is 0 Å². The normalized spacial score (nSPS) is 12.4. The van der Waals surface area contributed by atoms with Crippen LogP contribution in [-0.4, -0.2) is 0 Å². The number of para-hydroxylation sites is 3. The van der Waals surface area contributed by atoms with E-state index in [4.69, 9.17) is 13.3 Å². The van der Waals surface area contributed by atoms with E-state index in [9.17, 15) is 0 Å². The zero-order valence-electron chi connectivity index (χ0n) is 26.5. The minimum atomic E-state index is 0.817. The largest absolute Gasteiger partial charge is 0.456 e. The number of hydrogen-bond donors (Lipinski definition) is 0. The first kappa shape index (κ1) is 26.6. The molecule has 0 N–H and O–H groups in total. The molecule has 12 aromatic rings. The van der Waals surface area contributed by atoms with Gasteiger partial charge in [0.25, 0.3) is 0 Å². The Morgan fingerprint density at radius 2 is 0.840 bits per heavy atom. The van der Waals surface area contributed by atoms with Gasteiger partial charge in [0.05, 0.1) is 5.39 Å². The molecule has 232 valence electrons. The van der Waals surface area contributed by atoms with Crippen molar-refractivity contribution in [2.45, 2.75) is 0 Å². The fourth-order valence-electron chi connectivity index (χ4n) is 8.50. The van der Waals surface area contributed by atoms with E-state index in [1.807, 2.05) is 18.2 Å². The van der Waals surface area contributed by atoms with Gasteiger partial charge >= 0.3 is 0 Å². The van der Waals surface area contributed by atoms with Crippen LogP contribution in [0.25, 0.3) is 120 Å². The minimum Gasteiger partial charge on any atom is -0.456 e. The lowest BCUT2D eigenvalue weighted by molar-refractivity contribution is 0.663. The van der Waals surface area contributed by atoms with Crippen LogP contribution >= 0.6 is 11.3 Å². The molecule has 0 atom stereocenters. The van der Waals surface area contributed by atoms with Gasteiger partial charge in [-0.2, -0.15) is 0 Å². The molecule has 0 aliphatic rings. The number of thiophene rings is 1. The van der Waals surface area contributed by atoms with E-state index in [1.54, 1.807) is 11.3 Å². The molecule has 0 radical (unpaired) electrons. The summed E-state index contributed by atoms with van der Waals surface area (Å²) in [5, 5.41) is 14.7. The first-order chi connectivity index (χ1) is 24.8. The van der Waals surface area contributed by atoms with Crippen LogP contribution in [0, 0.1) is 0 Å². The highest BCUT2D eigenvalue weighted by Gasteiger charge is 2.26. The van der Waals surface area contributed by atoms with Crippen molar-refractivity contribution in [2.75, 3.05) is 0 Å². The lowest BCUT2D eigenvalue weighted by Crippen LogP contribution is -1.92. The summed E-state index contributed by atoms with van der Waals surface area (Å²) < 4.78 is 21.4. The molecule has 8 aromatic carbocycles. The third-order valence-corrected chi connectivity index (χ3v) is 11.5. The first-order valence-electron chi connectivity index (χ1n) is 16.8. The SMILES string of the molecule is c1ccc2c(c1)oc1c2c(-c2c3ccccc3c(-c3cc4ccsc4c4c3oc3ccccc34)c3ccccc23)cc2oc3ccccc3c21. The molecule has 4 aromatic heterocycles. The Hall–Kier alpha value is -6.36. The van der Waals surface area contributed by atoms with Crippen molar-refractivity contribution in [3.63, 3.8) is 0 Å². The van der Waals surface area contributed by atoms with Crippen LogP contribution in [0.15, 0.2) is 158 Å². The predicted molar refractivity (Wildman–Crippen MR) is 210 cm³/mol. The Morgan fingerprint density at radius 3 is 1.46 bits per heavy atom. The summed E-state index contributed by atoms with van der Waals surface area (Å²) in [5.41, 5.74) is 9.76. The molecule has 0 spiro atoms. The van der Waals surface area contributed by atoms with Crippen molar-refractivity contribution in [1.82, 2.24) is 0 Å². The molecule has 0 bridgehead atoms. The third kappa shape index (κ3) is 3.38. The van der Waals surface area contributed by atoms with Gasteiger partial charge in [-0.15, -0.1) is 11.3 Å². The molecule has 3 nitrogen and oxygen atoms in total. The monoisotopic (exact) mass is 656 g/mol. The van der Waals surface area contributed by atoms with Crippen LogP contribution in [0.5, 0.6) is 0 Å². The summed E-state index contributed by atoms with van der Waals surface area (Å²) in [6.45, 7) is 0. The zero-order valence-corrected chi connectivity index (χ0v) is 27.3. The lowest BCUT2D eigenvalue weighted by atomic mass is 9.84. The maximum atomic E-state index is 6.78. The van der Waals surface area contributed by atoms with Gasteiger partial charge in [0, 0.05) is 42.8 Å². The second-order valence-electron chi connectivity index (χ2n) is 13.1. The van der Waals surface area contributed by atoms with Crippen LogP contribution < -0.4 is 0 Å². The molecule has 4 heterocycles. The van der Waals surface area contributed by atoms with Gasteiger partial charge in [0.1, 0.15) is 33.5 Å². The number of fused-ring (bicyclic) bond motifs is 14. The number of benzene rings is 8. The molecule has 0 amide bonds. The quantitative estimate of drug-likeness (QED) is 0.174.